The molecule has 0 spiro atoms. The third-order valence-corrected chi connectivity index (χ3v) is 6.84. The minimum absolute atomic E-state index is 0.127. The second-order valence-corrected chi connectivity index (χ2v) is 9.93. The van der Waals surface area contributed by atoms with Gasteiger partial charge < -0.3 is 15.1 Å². The summed E-state index contributed by atoms with van der Waals surface area (Å²) in [6.45, 7) is 7.02. The summed E-state index contributed by atoms with van der Waals surface area (Å²) in [4.78, 5) is 36.9. The zero-order chi connectivity index (χ0) is 29.7. The van der Waals surface area contributed by atoms with E-state index in [9.17, 15) is 22.8 Å². The number of benzene rings is 1. The number of nitrogens with zero attached hydrogens (tertiary/aromatic N) is 6. The van der Waals surface area contributed by atoms with E-state index < -0.39 is 24.9 Å². The van der Waals surface area contributed by atoms with Crippen molar-refractivity contribution in [1.29, 1.82) is 0 Å². The van der Waals surface area contributed by atoms with Crippen molar-refractivity contribution in [2.24, 2.45) is 7.05 Å². The van der Waals surface area contributed by atoms with Gasteiger partial charge in [-0.2, -0.15) is 18.2 Å². The zero-order valence-corrected chi connectivity index (χ0v) is 23.2. The predicted molar refractivity (Wildman–Crippen MR) is 149 cm³/mol. The standard InChI is InChI=1S/C29H32F3N7O2/c1-19-6-5-15-33-24(19)18-37(3)27(41)22-7-9-23(10-8-22)34-28-35-26(38(4)36-28)20(2)21-12-16-39(17-13-21)25(40)11-14-29(30,31)32/h5-10,12,15H,2,11,13-14,16-18H2,1,3-4H3,(H,34,36). The molecule has 0 saturated heterocycles. The van der Waals surface area contributed by atoms with E-state index in [1.807, 2.05) is 19.1 Å². The number of hydrogen-bond donors (Lipinski definition) is 1. The molecule has 9 nitrogen and oxygen atoms in total. The van der Waals surface area contributed by atoms with E-state index in [1.165, 1.54) is 4.90 Å². The van der Waals surface area contributed by atoms with E-state index in [4.69, 9.17) is 0 Å². The predicted octanol–water partition coefficient (Wildman–Crippen LogP) is 5.05. The molecule has 0 atom stereocenters. The average Bonchev–Trinajstić information content (AvgIpc) is 3.31. The smallest absolute Gasteiger partial charge is 0.339 e. The molecule has 12 heteroatoms. The van der Waals surface area contributed by atoms with Crippen LogP contribution in [0.15, 0.2) is 60.8 Å². The Morgan fingerprint density at radius 3 is 2.54 bits per heavy atom. The molecule has 1 aromatic carbocycles. The van der Waals surface area contributed by atoms with E-state index in [0.717, 1.165) is 16.8 Å². The number of aryl methyl sites for hydroxylation is 2. The highest BCUT2D eigenvalue weighted by molar-refractivity contribution is 5.94. The summed E-state index contributed by atoms with van der Waals surface area (Å²) in [7, 11) is 3.47. The highest BCUT2D eigenvalue weighted by atomic mass is 19.4. The Kier molecular flexibility index (Phi) is 8.89. The highest BCUT2D eigenvalue weighted by Crippen LogP contribution is 2.28. The van der Waals surface area contributed by atoms with Crippen molar-refractivity contribution >= 4 is 29.0 Å². The summed E-state index contributed by atoms with van der Waals surface area (Å²) in [6, 6.07) is 10.8. The van der Waals surface area contributed by atoms with Crippen molar-refractivity contribution in [3.8, 4) is 0 Å². The third kappa shape index (κ3) is 7.59. The van der Waals surface area contributed by atoms with E-state index in [1.54, 1.807) is 60.2 Å². The third-order valence-electron chi connectivity index (χ3n) is 6.84. The number of allylic oxidation sites excluding steroid dienone is 1. The molecule has 0 fully saturated rings. The molecule has 1 N–H and O–H groups in total. The van der Waals surface area contributed by atoms with Crippen LogP contribution in [0.2, 0.25) is 0 Å². The van der Waals surface area contributed by atoms with Gasteiger partial charge in [0, 0.05) is 56.6 Å². The molecule has 0 saturated carbocycles. The lowest BCUT2D eigenvalue weighted by molar-refractivity contribution is -0.148. The fraction of sp³-hybridized carbons (Fsp3) is 0.345. The SMILES string of the molecule is C=C(C1=CCN(C(=O)CCC(F)(F)F)CC1)c1nc(Nc2ccc(C(=O)N(C)Cc3ncccc3C)cc2)nn1C. The van der Waals surface area contributed by atoms with E-state index in [2.05, 4.69) is 27.0 Å². The minimum Gasteiger partial charge on any atom is -0.339 e. The maximum Gasteiger partial charge on any atom is 0.389 e. The molecule has 1 aliphatic rings. The van der Waals surface area contributed by atoms with E-state index >= 15 is 0 Å². The van der Waals surface area contributed by atoms with Gasteiger partial charge >= 0.3 is 6.18 Å². The monoisotopic (exact) mass is 567 g/mol. The first-order chi connectivity index (χ1) is 19.4. The Hall–Kier alpha value is -4.48. The van der Waals surface area contributed by atoms with Crippen molar-refractivity contribution in [1.82, 2.24) is 29.5 Å². The number of nitrogens with one attached hydrogen (secondary N) is 1. The van der Waals surface area contributed by atoms with Crippen LogP contribution in [-0.4, -0.2) is 67.7 Å². The Balaban J connectivity index is 1.35. The maximum absolute atomic E-state index is 12.9. The molecule has 0 aliphatic carbocycles. The molecule has 3 aromatic rings. The Bertz CT molecular complexity index is 1460. The molecule has 0 radical (unpaired) electrons. The first-order valence-electron chi connectivity index (χ1n) is 13.1. The summed E-state index contributed by atoms with van der Waals surface area (Å²) < 4.78 is 38.9. The van der Waals surface area contributed by atoms with Crippen molar-refractivity contribution in [3.63, 3.8) is 0 Å². The molecule has 0 unspecified atom stereocenters. The van der Waals surface area contributed by atoms with Crippen LogP contribution in [0.5, 0.6) is 0 Å². The van der Waals surface area contributed by atoms with Crippen LogP contribution in [0.3, 0.4) is 0 Å². The summed E-state index contributed by atoms with van der Waals surface area (Å²) in [6.07, 6.45) is -2.07. The van der Waals surface area contributed by atoms with Gasteiger partial charge in [0.1, 0.15) is 0 Å². The molecule has 41 heavy (non-hydrogen) atoms. The van der Waals surface area contributed by atoms with Gasteiger partial charge in [0.15, 0.2) is 5.82 Å². The molecule has 1 aliphatic heterocycles. The normalized spacial score (nSPS) is 13.5. The number of pyridine rings is 1. The first kappa shape index (κ1) is 29.5. The summed E-state index contributed by atoms with van der Waals surface area (Å²) in [5.74, 6) is 0.216. The summed E-state index contributed by atoms with van der Waals surface area (Å²) >= 11 is 0. The second kappa shape index (κ2) is 12.4. The number of halogens is 3. The fourth-order valence-corrected chi connectivity index (χ4v) is 4.45. The van der Waals surface area contributed by atoms with Gasteiger partial charge in [0.25, 0.3) is 5.91 Å². The van der Waals surface area contributed by atoms with Crippen molar-refractivity contribution in [3.05, 3.63) is 83.5 Å². The maximum atomic E-state index is 12.9. The Labute approximate surface area is 236 Å². The molecule has 4 rings (SSSR count). The van der Waals surface area contributed by atoms with Gasteiger partial charge in [-0.15, -0.1) is 5.10 Å². The molecule has 2 aromatic heterocycles. The van der Waals surface area contributed by atoms with Crippen molar-refractivity contribution in [2.45, 2.75) is 38.9 Å². The Morgan fingerprint density at radius 1 is 1.17 bits per heavy atom. The van der Waals surface area contributed by atoms with E-state index in [-0.39, 0.29) is 12.5 Å². The van der Waals surface area contributed by atoms with Gasteiger partial charge in [0.2, 0.25) is 11.9 Å². The van der Waals surface area contributed by atoms with Gasteiger partial charge in [-0.05, 0) is 54.8 Å². The van der Waals surface area contributed by atoms with Crippen molar-refractivity contribution < 1.29 is 22.8 Å². The van der Waals surface area contributed by atoms with Crippen LogP contribution in [0.1, 0.15) is 46.7 Å². The Morgan fingerprint density at radius 2 is 1.90 bits per heavy atom. The number of carbonyl (C=O) groups excluding carboxylic acids is 2. The number of rotatable bonds is 9. The lowest BCUT2D eigenvalue weighted by atomic mass is 10.00. The number of carbonyl (C=O) groups is 2. The van der Waals surface area contributed by atoms with Gasteiger partial charge in [-0.25, -0.2) is 4.68 Å². The molecular formula is C29H32F3N7O2. The number of anilines is 2. The summed E-state index contributed by atoms with van der Waals surface area (Å²) in [5, 5.41) is 7.54. The van der Waals surface area contributed by atoms with Crippen LogP contribution < -0.4 is 5.32 Å². The first-order valence-corrected chi connectivity index (χ1v) is 13.1. The largest absolute Gasteiger partial charge is 0.389 e. The van der Waals surface area contributed by atoms with Crippen LogP contribution in [-0.2, 0) is 18.4 Å². The number of aromatic nitrogens is 4. The highest BCUT2D eigenvalue weighted by Gasteiger charge is 2.30. The lowest BCUT2D eigenvalue weighted by Gasteiger charge is -2.27. The molecule has 2 amide bonds. The zero-order valence-electron chi connectivity index (χ0n) is 23.2. The van der Waals surface area contributed by atoms with E-state index in [0.29, 0.717) is 48.1 Å². The topological polar surface area (TPSA) is 96.2 Å². The molecule has 216 valence electrons. The van der Waals surface area contributed by atoms with Crippen LogP contribution in [0, 0.1) is 6.92 Å². The van der Waals surface area contributed by atoms with Gasteiger partial charge in [-0.1, -0.05) is 18.7 Å². The quantitative estimate of drug-likeness (QED) is 0.389. The number of hydrogen-bond acceptors (Lipinski definition) is 6. The fourth-order valence-electron chi connectivity index (χ4n) is 4.45. The van der Waals surface area contributed by atoms with Crippen LogP contribution >= 0.6 is 0 Å². The van der Waals surface area contributed by atoms with Crippen molar-refractivity contribution in [2.75, 3.05) is 25.5 Å². The van der Waals surface area contributed by atoms with Gasteiger partial charge in [-0.3, -0.25) is 14.6 Å². The molecule has 3 heterocycles. The van der Waals surface area contributed by atoms with Gasteiger partial charge in [0.05, 0.1) is 18.7 Å². The van der Waals surface area contributed by atoms with Crippen LogP contribution in [0.25, 0.3) is 5.57 Å². The minimum atomic E-state index is -4.35. The molecule has 0 bridgehead atoms. The second-order valence-electron chi connectivity index (χ2n) is 9.93. The lowest BCUT2D eigenvalue weighted by Crippen LogP contribution is -2.35. The molecular weight excluding hydrogens is 535 g/mol. The number of amides is 2. The van der Waals surface area contributed by atoms with Crippen LogP contribution in [0.4, 0.5) is 24.8 Å². The average molecular weight is 568 g/mol. The summed E-state index contributed by atoms with van der Waals surface area (Å²) in [5.41, 5.74) is 4.58. The number of alkyl halides is 3.